The maximum Gasteiger partial charge on any atom is 0.237 e. The van der Waals surface area contributed by atoms with E-state index in [1.165, 1.54) is 30.4 Å². The Bertz CT molecular complexity index is 706. The molecule has 2 fully saturated rings. The van der Waals surface area contributed by atoms with E-state index in [0.29, 0.717) is 12.0 Å². The van der Waals surface area contributed by atoms with Crippen LogP contribution in [0.4, 0.5) is 0 Å². The number of carbonyl (C=O) groups excluding carboxylic acids is 2. The van der Waals surface area contributed by atoms with Gasteiger partial charge in [-0.2, -0.15) is 0 Å². The van der Waals surface area contributed by atoms with Gasteiger partial charge >= 0.3 is 0 Å². The first-order valence-electron chi connectivity index (χ1n) is 11.6. The van der Waals surface area contributed by atoms with E-state index in [-0.39, 0.29) is 23.8 Å². The molecule has 1 atom stereocenters. The third-order valence-electron chi connectivity index (χ3n) is 7.13. The Balaban J connectivity index is 1.16. The number of carbonyl (C=O) groups is 2. The average molecular weight is 398 g/mol. The summed E-state index contributed by atoms with van der Waals surface area (Å²) in [6.45, 7) is 1.49. The number of fused-ring (bicyclic) bond motifs is 1. The van der Waals surface area contributed by atoms with Gasteiger partial charge in [0.15, 0.2) is 0 Å². The summed E-state index contributed by atoms with van der Waals surface area (Å²) in [5.74, 6) is 1.04. The fraction of sp³-hybridized carbons (Fsp3) is 0.667. The van der Waals surface area contributed by atoms with Crippen LogP contribution in [0.2, 0.25) is 0 Å². The molecular formula is C24H35N3O2. The van der Waals surface area contributed by atoms with E-state index in [0.717, 1.165) is 58.0 Å². The monoisotopic (exact) mass is 397 g/mol. The molecule has 0 aromatic heterocycles. The van der Waals surface area contributed by atoms with Crippen LogP contribution in [0, 0.1) is 11.8 Å². The highest BCUT2D eigenvalue weighted by Crippen LogP contribution is 2.29. The Kier molecular flexibility index (Phi) is 6.86. The summed E-state index contributed by atoms with van der Waals surface area (Å²) >= 11 is 0. The minimum atomic E-state index is -0.137. The molecule has 1 aliphatic heterocycles. The molecule has 0 spiro atoms. The largest absolute Gasteiger partial charge is 0.354 e. The second-order valence-corrected chi connectivity index (χ2v) is 9.21. The van der Waals surface area contributed by atoms with Gasteiger partial charge in [-0.15, -0.1) is 0 Å². The number of rotatable bonds is 5. The number of hydrogen-bond acceptors (Lipinski definition) is 3. The minimum absolute atomic E-state index is 0.108. The predicted molar refractivity (Wildman–Crippen MR) is 114 cm³/mol. The topological polar surface area (TPSA) is 70.2 Å². The second-order valence-electron chi connectivity index (χ2n) is 9.21. The van der Waals surface area contributed by atoms with Crippen molar-refractivity contribution in [3.8, 4) is 0 Å². The molecule has 2 aliphatic carbocycles. The van der Waals surface area contributed by atoms with Crippen LogP contribution in [-0.4, -0.2) is 30.4 Å². The van der Waals surface area contributed by atoms with Gasteiger partial charge in [0, 0.05) is 25.0 Å². The second kappa shape index (κ2) is 9.75. The first-order valence-corrected chi connectivity index (χ1v) is 11.6. The summed E-state index contributed by atoms with van der Waals surface area (Å²) in [4.78, 5) is 25.2. The van der Waals surface area contributed by atoms with Crippen molar-refractivity contribution in [2.75, 3.05) is 6.54 Å². The maximum absolute atomic E-state index is 12.6. The van der Waals surface area contributed by atoms with Crippen molar-refractivity contribution in [2.45, 2.75) is 82.8 Å². The van der Waals surface area contributed by atoms with Gasteiger partial charge in [-0.1, -0.05) is 43.5 Å². The molecule has 0 unspecified atom stereocenters. The summed E-state index contributed by atoms with van der Waals surface area (Å²) in [7, 11) is 0. The summed E-state index contributed by atoms with van der Waals surface area (Å²) in [6, 6.07) is 8.60. The van der Waals surface area contributed by atoms with Gasteiger partial charge in [-0.25, -0.2) is 0 Å². The van der Waals surface area contributed by atoms with E-state index >= 15 is 0 Å². The Hall–Kier alpha value is -1.88. The van der Waals surface area contributed by atoms with Gasteiger partial charge in [0.05, 0.1) is 6.04 Å². The molecule has 4 rings (SSSR count). The highest BCUT2D eigenvalue weighted by molar-refractivity contribution is 5.82. The molecule has 29 heavy (non-hydrogen) atoms. The van der Waals surface area contributed by atoms with Crippen molar-refractivity contribution >= 4 is 11.8 Å². The van der Waals surface area contributed by atoms with Crippen LogP contribution in [0.1, 0.15) is 68.9 Å². The first-order chi connectivity index (χ1) is 14.2. The molecule has 2 amide bonds. The molecular weight excluding hydrogens is 362 g/mol. The normalized spacial score (nSPS) is 27.7. The standard InChI is InChI=1S/C24H35N3O2/c28-23(27-21-8-2-1-3-9-21)18-12-10-17(11-13-18)15-26-24(29)22-14-19-6-4-5-7-20(19)16-25-22/h4-7,17-18,21-22,25H,1-3,8-16H2,(H,26,29)(H,27,28)/t17?,18?,22-/m0/s1. The van der Waals surface area contributed by atoms with E-state index in [1.807, 2.05) is 12.1 Å². The highest BCUT2D eigenvalue weighted by atomic mass is 16.2. The highest BCUT2D eigenvalue weighted by Gasteiger charge is 2.29. The lowest BCUT2D eigenvalue weighted by Gasteiger charge is -2.31. The van der Waals surface area contributed by atoms with Crippen LogP contribution in [0.5, 0.6) is 0 Å². The zero-order chi connectivity index (χ0) is 20.1. The van der Waals surface area contributed by atoms with E-state index in [2.05, 4.69) is 28.1 Å². The molecule has 5 heteroatoms. The summed E-state index contributed by atoms with van der Waals surface area (Å²) in [5, 5.41) is 9.81. The van der Waals surface area contributed by atoms with E-state index in [1.54, 1.807) is 0 Å². The fourth-order valence-electron chi connectivity index (χ4n) is 5.20. The van der Waals surface area contributed by atoms with Gasteiger partial charge < -0.3 is 16.0 Å². The predicted octanol–water partition coefficient (Wildman–Crippen LogP) is 3.07. The van der Waals surface area contributed by atoms with Crippen LogP contribution in [0.3, 0.4) is 0 Å². The molecule has 3 N–H and O–H groups in total. The molecule has 158 valence electrons. The van der Waals surface area contributed by atoms with Crippen molar-refractivity contribution in [1.82, 2.24) is 16.0 Å². The minimum Gasteiger partial charge on any atom is -0.354 e. The molecule has 1 aromatic carbocycles. The van der Waals surface area contributed by atoms with Crippen LogP contribution in [0.25, 0.3) is 0 Å². The van der Waals surface area contributed by atoms with E-state index < -0.39 is 0 Å². The van der Waals surface area contributed by atoms with Crippen molar-refractivity contribution in [3.05, 3.63) is 35.4 Å². The lowest BCUT2D eigenvalue weighted by Crippen LogP contribution is -2.49. The van der Waals surface area contributed by atoms with Gasteiger partial charge in [0.1, 0.15) is 0 Å². The van der Waals surface area contributed by atoms with Crippen molar-refractivity contribution in [3.63, 3.8) is 0 Å². The van der Waals surface area contributed by atoms with Crippen LogP contribution in [0.15, 0.2) is 24.3 Å². The number of hydrogen-bond donors (Lipinski definition) is 3. The van der Waals surface area contributed by atoms with Crippen LogP contribution in [-0.2, 0) is 22.6 Å². The SMILES string of the molecule is O=C(NC1CCCCC1)C1CCC(CNC(=O)[C@@H]2Cc3ccccc3CN2)CC1. The fourth-order valence-corrected chi connectivity index (χ4v) is 5.20. The van der Waals surface area contributed by atoms with E-state index in [9.17, 15) is 9.59 Å². The Morgan fingerprint density at radius 1 is 0.897 bits per heavy atom. The molecule has 0 radical (unpaired) electrons. The Labute approximate surface area is 174 Å². The zero-order valence-corrected chi connectivity index (χ0v) is 17.4. The number of nitrogens with one attached hydrogen (secondary N) is 3. The molecule has 0 saturated heterocycles. The third-order valence-corrected chi connectivity index (χ3v) is 7.13. The van der Waals surface area contributed by atoms with Crippen molar-refractivity contribution in [2.24, 2.45) is 11.8 Å². The third kappa shape index (κ3) is 5.39. The van der Waals surface area contributed by atoms with Gasteiger partial charge in [0.2, 0.25) is 11.8 Å². The first kappa shape index (κ1) is 20.4. The zero-order valence-electron chi connectivity index (χ0n) is 17.4. The van der Waals surface area contributed by atoms with Crippen molar-refractivity contribution in [1.29, 1.82) is 0 Å². The quantitative estimate of drug-likeness (QED) is 0.715. The maximum atomic E-state index is 12.6. The van der Waals surface area contributed by atoms with Crippen LogP contribution < -0.4 is 16.0 Å². The number of amides is 2. The summed E-state index contributed by atoms with van der Waals surface area (Å²) in [5.41, 5.74) is 2.57. The smallest absolute Gasteiger partial charge is 0.237 e. The Morgan fingerprint density at radius 3 is 2.38 bits per heavy atom. The number of benzene rings is 1. The lowest BCUT2D eigenvalue weighted by molar-refractivity contribution is -0.127. The van der Waals surface area contributed by atoms with Crippen molar-refractivity contribution < 1.29 is 9.59 Å². The van der Waals surface area contributed by atoms with Gasteiger partial charge in [-0.05, 0) is 62.0 Å². The Morgan fingerprint density at radius 2 is 1.62 bits per heavy atom. The average Bonchev–Trinajstić information content (AvgIpc) is 2.78. The molecule has 1 heterocycles. The van der Waals surface area contributed by atoms with Gasteiger partial charge in [-0.3, -0.25) is 9.59 Å². The molecule has 1 aromatic rings. The molecule has 3 aliphatic rings. The van der Waals surface area contributed by atoms with Gasteiger partial charge in [0.25, 0.3) is 0 Å². The molecule has 0 bridgehead atoms. The summed E-state index contributed by atoms with van der Waals surface area (Å²) < 4.78 is 0. The summed E-state index contributed by atoms with van der Waals surface area (Å²) in [6.07, 6.45) is 10.8. The molecule has 2 saturated carbocycles. The van der Waals surface area contributed by atoms with Crippen LogP contribution >= 0.6 is 0 Å². The molecule has 5 nitrogen and oxygen atoms in total. The van der Waals surface area contributed by atoms with E-state index in [4.69, 9.17) is 0 Å². The lowest BCUT2D eigenvalue weighted by atomic mass is 9.81.